The summed E-state index contributed by atoms with van der Waals surface area (Å²) < 4.78 is 0. The van der Waals surface area contributed by atoms with Gasteiger partial charge in [-0.25, -0.2) is 0 Å². The maximum absolute atomic E-state index is 11.5. The van der Waals surface area contributed by atoms with E-state index in [9.17, 15) is 14.9 Å². The molecule has 6 heteroatoms. The molecule has 1 aliphatic rings. The van der Waals surface area contributed by atoms with Crippen LogP contribution in [0.15, 0.2) is 18.2 Å². The minimum Gasteiger partial charge on any atom is -0.382 e. The summed E-state index contributed by atoms with van der Waals surface area (Å²) in [4.78, 5) is 21.5. The lowest BCUT2D eigenvalue weighted by atomic mass is 10.1. The number of hydrogen-bond acceptors (Lipinski definition) is 4. The minimum absolute atomic E-state index is 0.0176. The summed E-state index contributed by atoms with van der Waals surface area (Å²) in [5.41, 5.74) is 0.938. The molecule has 6 nitrogen and oxygen atoms in total. The summed E-state index contributed by atoms with van der Waals surface area (Å²) >= 11 is 0. The van der Waals surface area contributed by atoms with E-state index in [0.29, 0.717) is 24.3 Å². The maximum atomic E-state index is 11.5. The Hall–Kier alpha value is -2.11. The monoisotopic (exact) mass is 207 g/mol. The van der Waals surface area contributed by atoms with E-state index in [-0.39, 0.29) is 11.6 Å². The van der Waals surface area contributed by atoms with Gasteiger partial charge in [-0.1, -0.05) is 0 Å². The van der Waals surface area contributed by atoms with Crippen LogP contribution in [0.4, 0.5) is 11.4 Å². The zero-order valence-corrected chi connectivity index (χ0v) is 7.82. The summed E-state index contributed by atoms with van der Waals surface area (Å²) in [7, 11) is 0. The van der Waals surface area contributed by atoms with E-state index in [0.717, 1.165) is 0 Å². The fourth-order valence-corrected chi connectivity index (χ4v) is 1.46. The number of nitro groups is 1. The molecule has 2 N–H and O–H groups in total. The molecule has 0 spiro atoms. The molecular formula is C9H9N3O3. The van der Waals surface area contributed by atoms with Crippen molar-refractivity contribution in [1.82, 2.24) is 5.32 Å². The topological polar surface area (TPSA) is 84.3 Å². The van der Waals surface area contributed by atoms with Gasteiger partial charge in [-0.3, -0.25) is 14.9 Å². The van der Waals surface area contributed by atoms with Gasteiger partial charge in [-0.15, -0.1) is 0 Å². The first-order chi connectivity index (χ1) is 7.18. The van der Waals surface area contributed by atoms with Crippen LogP contribution in [0, 0.1) is 10.1 Å². The Morgan fingerprint density at radius 1 is 1.27 bits per heavy atom. The van der Waals surface area contributed by atoms with Crippen molar-refractivity contribution < 1.29 is 9.72 Å². The van der Waals surface area contributed by atoms with Crippen molar-refractivity contribution in [3.8, 4) is 0 Å². The van der Waals surface area contributed by atoms with Crippen molar-refractivity contribution in [3.63, 3.8) is 0 Å². The van der Waals surface area contributed by atoms with Gasteiger partial charge < -0.3 is 10.6 Å². The van der Waals surface area contributed by atoms with Gasteiger partial charge in [0.25, 0.3) is 11.6 Å². The van der Waals surface area contributed by atoms with E-state index in [1.54, 1.807) is 0 Å². The molecule has 78 valence electrons. The van der Waals surface area contributed by atoms with Crippen LogP contribution in [0.25, 0.3) is 0 Å². The molecule has 0 saturated carbocycles. The van der Waals surface area contributed by atoms with E-state index in [4.69, 9.17) is 0 Å². The Kier molecular flexibility index (Phi) is 2.24. The third kappa shape index (κ3) is 1.74. The molecule has 0 saturated heterocycles. The number of nitrogens with one attached hydrogen (secondary N) is 2. The number of amides is 1. The number of anilines is 1. The predicted molar refractivity (Wildman–Crippen MR) is 53.9 cm³/mol. The molecule has 0 bridgehead atoms. The van der Waals surface area contributed by atoms with Crippen molar-refractivity contribution in [2.45, 2.75) is 0 Å². The lowest BCUT2D eigenvalue weighted by Crippen LogP contribution is -2.24. The lowest BCUT2D eigenvalue weighted by molar-refractivity contribution is -0.384. The number of nitro benzene ring substituents is 1. The number of rotatable bonds is 1. The van der Waals surface area contributed by atoms with Gasteiger partial charge in [0, 0.05) is 25.2 Å². The van der Waals surface area contributed by atoms with Crippen LogP contribution in [-0.4, -0.2) is 23.9 Å². The van der Waals surface area contributed by atoms with Crippen LogP contribution in [0.1, 0.15) is 10.4 Å². The Balaban J connectivity index is 2.47. The molecule has 1 amide bonds. The second kappa shape index (κ2) is 3.56. The highest BCUT2D eigenvalue weighted by molar-refractivity contribution is 6.00. The quantitative estimate of drug-likeness (QED) is 0.525. The fourth-order valence-electron chi connectivity index (χ4n) is 1.46. The van der Waals surface area contributed by atoms with Gasteiger partial charge in [0.1, 0.15) is 0 Å². The molecule has 0 aliphatic carbocycles. The normalized spacial score (nSPS) is 14.5. The van der Waals surface area contributed by atoms with E-state index < -0.39 is 4.92 Å². The van der Waals surface area contributed by atoms with Gasteiger partial charge in [0.15, 0.2) is 0 Å². The first-order valence-electron chi connectivity index (χ1n) is 4.49. The number of fused-ring (bicyclic) bond motifs is 1. The Morgan fingerprint density at radius 3 is 2.73 bits per heavy atom. The van der Waals surface area contributed by atoms with Gasteiger partial charge in [-0.2, -0.15) is 0 Å². The number of hydrogen-bond donors (Lipinski definition) is 2. The number of carbonyl (C=O) groups excluding carboxylic acids is 1. The zero-order valence-electron chi connectivity index (χ0n) is 7.82. The van der Waals surface area contributed by atoms with Crippen LogP contribution in [0.2, 0.25) is 0 Å². The summed E-state index contributed by atoms with van der Waals surface area (Å²) in [5, 5.41) is 16.2. The third-order valence-corrected chi connectivity index (χ3v) is 2.18. The summed E-state index contributed by atoms with van der Waals surface area (Å²) in [6, 6.07) is 4.16. The van der Waals surface area contributed by atoms with Crippen molar-refractivity contribution in [1.29, 1.82) is 0 Å². The number of non-ortho nitro benzene ring substituents is 1. The van der Waals surface area contributed by atoms with Crippen molar-refractivity contribution in [3.05, 3.63) is 33.9 Å². The molecule has 2 rings (SSSR count). The van der Waals surface area contributed by atoms with Crippen LogP contribution in [0.3, 0.4) is 0 Å². The van der Waals surface area contributed by atoms with E-state index in [1.807, 2.05) is 0 Å². The minimum atomic E-state index is -0.481. The number of benzene rings is 1. The van der Waals surface area contributed by atoms with Crippen molar-refractivity contribution in [2.75, 3.05) is 18.4 Å². The standard InChI is InChI=1S/C9H9N3O3/c13-9-7-2-1-6(12(14)15)5-8(7)10-3-4-11-9/h1-2,5,10H,3-4H2,(H,11,13). The van der Waals surface area contributed by atoms with Gasteiger partial charge in [0.05, 0.1) is 16.2 Å². The first kappa shape index (κ1) is 9.45. The third-order valence-electron chi connectivity index (χ3n) is 2.18. The average molecular weight is 207 g/mol. The SMILES string of the molecule is O=C1NCCNc2cc([N+](=O)[O-])ccc21. The summed E-state index contributed by atoms with van der Waals surface area (Å²) in [6.45, 7) is 1.08. The molecule has 0 aromatic heterocycles. The van der Waals surface area contributed by atoms with Gasteiger partial charge in [0.2, 0.25) is 0 Å². The van der Waals surface area contributed by atoms with Gasteiger partial charge >= 0.3 is 0 Å². The maximum Gasteiger partial charge on any atom is 0.271 e. The van der Waals surface area contributed by atoms with E-state index in [1.165, 1.54) is 18.2 Å². The molecule has 1 heterocycles. The molecule has 0 atom stereocenters. The molecule has 0 fully saturated rings. The smallest absolute Gasteiger partial charge is 0.271 e. The highest BCUT2D eigenvalue weighted by atomic mass is 16.6. The molecule has 0 unspecified atom stereocenters. The van der Waals surface area contributed by atoms with Crippen LogP contribution in [0.5, 0.6) is 0 Å². The van der Waals surface area contributed by atoms with Crippen LogP contribution >= 0.6 is 0 Å². The van der Waals surface area contributed by atoms with Crippen molar-refractivity contribution in [2.24, 2.45) is 0 Å². The van der Waals surface area contributed by atoms with Crippen LogP contribution < -0.4 is 10.6 Å². The molecule has 1 aliphatic heterocycles. The predicted octanol–water partition coefficient (Wildman–Crippen LogP) is 0.750. The number of carbonyl (C=O) groups is 1. The summed E-state index contributed by atoms with van der Waals surface area (Å²) in [5.74, 6) is -0.204. The Bertz CT molecular complexity index is 431. The molecule has 15 heavy (non-hydrogen) atoms. The molecular weight excluding hydrogens is 198 g/mol. The molecule has 1 aromatic carbocycles. The largest absolute Gasteiger partial charge is 0.382 e. The Morgan fingerprint density at radius 2 is 2.00 bits per heavy atom. The second-order valence-corrected chi connectivity index (χ2v) is 3.17. The second-order valence-electron chi connectivity index (χ2n) is 3.17. The van der Waals surface area contributed by atoms with Gasteiger partial charge in [-0.05, 0) is 6.07 Å². The average Bonchev–Trinajstić information content (AvgIpc) is 2.40. The van der Waals surface area contributed by atoms with Crippen molar-refractivity contribution >= 4 is 17.3 Å². The summed E-state index contributed by atoms with van der Waals surface area (Å²) in [6.07, 6.45) is 0. The highest BCUT2D eigenvalue weighted by Gasteiger charge is 2.17. The van der Waals surface area contributed by atoms with E-state index >= 15 is 0 Å². The zero-order chi connectivity index (χ0) is 10.8. The highest BCUT2D eigenvalue weighted by Crippen LogP contribution is 2.23. The lowest BCUT2D eigenvalue weighted by Gasteiger charge is -2.04. The molecule has 0 radical (unpaired) electrons. The molecule has 1 aromatic rings. The van der Waals surface area contributed by atoms with Crippen LogP contribution in [-0.2, 0) is 0 Å². The first-order valence-corrected chi connectivity index (χ1v) is 4.49. The van der Waals surface area contributed by atoms with E-state index in [2.05, 4.69) is 10.6 Å². The fraction of sp³-hybridized carbons (Fsp3) is 0.222. The Labute approximate surface area is 85.4 Å². The number of nitrogens with zero attached hydrogens (tertiary/aromatic N) is 1.